The van der Waals surface area contributed by atoms with Crippen LogP contribution in [-0.4, -0.2) is 22.6 Å². The van der Waals surface area contributed by atoms with Gasteiger partial charge in [-0.1, -0.05) is 35.9 Å². The maximum absolute atomic E-state index is 13.5. The summed E-state index contributed by atoms with van der Waals surface area (Å²) in [6.45, 7) is 2.26. The normalized spacial score (nSPS) is 10.6. The fraction of sp³-hybridized carbons (Fsp3) is 0.167. The maximum atomic E-state index is 13.5. The topological polar surface area (TPSA) is 68.0 Å². The molecular weight excluding hydrogens is 309 g/mol. The lowest BCUT2D eigenvalue weighted by atomic mass is 10.1. The SMILES string of the molecule is Cc1ccc(-c2nnc(C(=O)NCCc3ccccc3F)o2)cc1. The van der Waals surface area contributed by atoms with E-state index >= 15 is 0 Å². The second-order valence-electron chi connectivity index (χ2n) is 5.38. The number of hydrogen-bond acceptors (Lipinski definition) is 4. The molecule has 0 aliphatic carbocycles. The zero-order valence-corrected chi connectivity index (χ0v) is 13.1. The summed E-state index contributed by atoms with van der Waals surface area (Å²) >= 11 is 0. The van der Waals surface area contributed by atoms with Crippen molar-refractivity contribution in [3.8, 4) is 11.5 Å². The molecule has 5 nitrogen and oxygen atoms in total. The van der Waals surface area contributed by atoms with Gasteiger partial charge < -0.3 is 9.73 Å². The van der Waals surface area contributed by atoms with Gasteiger partial charge in [0, 0.05) is 12.1 Å². The molecule has 0 saturated heterocycles. The molecule has 3 rings (SSSR count). The highest BCUT2D eigenvalue weighted by Crippen LogP contribution is 2.18. The van der Waals surface area contributed by atoms with Crippen LogP contribution in [0.2, 0.25) is 0 Å². The Labute approximate surface area is 138 Å². The Morgan fingerprint density at radius 3 is 2.62 bits per heavy atom. The summed E-state index contributed by atoms with van der Waals surface area (Å²) in [5.41, 5.74) is 2.41. The number of carbonyl (C=O) groups excluding carboxylic acids is 1. The Hall–Kier alpha value is -3.02. The van der Waals surface area contributed by atoms with Gasteiger partial charge in [0.1, 0.15) is 5.82 Å². The van der Waals surface area contributed by atoms with E-state index in [4.69, 9.17) is 4.42 Å². The first-order valence-electron chi connectivity index (χ1n) is 7.55. The summed E-state index contributed by atoms with van der Waals surface area (Å²) in [5.74, 6) is -0.586. The van der Waals surface area contributed by atoms with Crippen molar-refractivity contribution in [3.63, 3.8) is 0 Å². The first kappa shape index (κ1) is 15.9. The van der Waals surface area contributed by atoms with Crippen LogP contribution in [0, 0.1) is 12.7 Å². The lowest BCUT2D eigenvalue weighted by Crippen LogP contribution is -2.26. The summed E-state index contributed by atoms with van der Waals surface area (Å²) in [7, 11) is 0. The number of rotatable bonds is 5. The predicted molar refractivity (Wildman–Crippen MR) is 86.9 cm³/mol. The fourth-order valence-corrected chi connectivity index (χ4v) is 2.22. The summed E-state index contributed by atoms with van der Waals surface area (Å²) in [5, 5.41) is 10.3. The molecule has 0 fully saturated rings. The van der Waals surface area contributed by atoms with Gasteiger partial charge in [0.05, 0.1) is 0 Å². The van der Waals surface area contributed by atoms with Crippen molar-refractivity contribution >= 4 is 5.91 Å². The molecule has 0 saturated carbocycles. The van der Waals surface area contributed by atoms with Crippen LogP contribution in [0.15, 0.2) is 52.9 Å². The van der Waals surface area contributed by atoms with E-state index in [1.165, 1.54) is 6.07 Å². The highest BCUT2D eigenvalue weighted by atomic mass is 19.1. The van der Waals surface area contributed by atoms with Crippen LogP contribution in [-0.2, 0) is 6.42 Å². The Kier molecular flexibility index (Phi) is 4.65. The van der Waals surface area contributed by atoms with E-state index in [-0.39, 0.29) is 24.1 Å². The highest BCUT2D eigenvalue weighted by Gasteiger charge is 2.15. The Bertz CT molecular complexity index is 843. The number of aryl methyl sites for hydroxylation is 1. The molecule has 0 radical (unpaired) electrons. The summed E-state index contributed by atoms with van der Waals surface area (Å²) < 4.78 is 18.9. The third-order valence-electron chi connectivity index (χ3n) is 3.56. The molecule has 122 valence electrons. The van der Waals surface area contributed by atoms with Crippen LogP contribution < -0.4 is 5.32 Å². The van der Waals surface area contributed by atoms with Gasteiger partial charge in [0.15, 0.2) is 0 Å². The van der Waals surface area contributed by atoms with E-state index < -0.39 is 5.91 Å². The highest BCUT2D eigenvalue weighted by molar-refractivity contribution is 5.89. The lowest BCUT2D eigenvalue weighted by molar-refractivity contribution is 0.0920. The molecule has 0 spiro atoms. The van der Waals surface area contributed by atoms with Crippen molar-refractivity contribution in [2.75, 3.05) is 6.54 Å². The number of amides is 1. The van der Waals surface area contributed by atoms with Gasteiger partial charge in [-0.3, -0.25) is 4.79 Å². The van der Waals surface area contributed by atoms with Crippen LogP contribution in [0.25, 0.3) is 11.5 Å². The van der Waals surface area contributed by atoms with Crippen LogP contribution in [0.5, 0.6) is 0 Å². The van der Waals surface area contributed by atoms with Gasteiger partial charge in [-0.25, -0.2) is 4.39 Å². The summed E-state index contributed by atoms with van der Waals surface area (Å²) in [6.07, 6.45) is 0.386. The third-order valence-corrected chi connectivity index (χ3v) is 3.56. The van der Waals surface area contributed by atoms with Crippen molar-refractivity contribution in [2.24, 2.45) is 0 Å². The second-order valence-corrected chi connectivity index (χ2v) is 5.38. The third kappa shape index (κ3) is 3.65. The van der Waals surface area contributed by atoms with E-state index in [1.54, 1.807) is 18.2 Å². The zero-order valence-electron chi connectivity index (χ0n) is 13.1. The van der Waals surface area contributed by atoms with E-state index in [9.17, 15) is 9.18 Å². The maximum Gasteiger partial charge on any atom is 0.308 e. The quantitative estimate of drug-likeness (QED) is 0.782. The van der Waals surface area contributed by atoms with Crippen LogP contribution in [0.1, 0.15) is 21.8 Å². The van der Waals surface area contributed by atoms with E-state index in [0.717, 1.165) is 11.1 Å². The van der Waals surface area contributed by atoms with Crippen molar-refractivity contribution in [3.05, 3.63) is 71.4 Å². The molecule has 0 aliphatic heterocycles. The van der Waals surface area contributed by atoms with E-state index in [2.05, 4.69) is 15.5 Å². The van der Waals surface area contributed by atoms with Crippen molar-refractivity contribution in [1.29, 1.82) is 0 Å². The summed E-state index contributed by atoms with van der Waals surface area (Å²) in [4.78, 5) is 12.0. The number of halogens is 1. The molecule has 0 unspecified atom stereocenters. The average molecular weight is 325 g/mol. The predicted octanol–water partition coefficient (Wildman–Crippen LogP) is 3.16. The monoisotopic (exact) mass is 325 g/mol. The van der Waals surface area contributed by atoms with Gasteiger partial charge in [-0.05, 0) is 37.1 Å². The fourth-order valence-electron chi connectivity index (χ4n) is 2.22. The van der Waals surface area contributed by atoms with Gasteiger partial charge in [0.25, 0.3) is 0 Å². The van der Waals surface area contributed by atoms with Crippen molar-refractivity contribution in [2.45, 2.75) is 13.3 Å². The number of nitrogens with zero attached hydrogens (tertiary/aromatic N) is 2. The number of benzene rings is 2. The number of aromatic nitrogens is 2. The largest absolute Gasteiger partial charge is 0.412 e. The lowest BCUT2D eigenvalue weighted by Gasteiger charge is -2.03. The molecule has 1 aromatic heterocycles. The minimum atomic E-state index is -0.475. The van der Waals surface area contributed by atoms with Crippen molar-refractivity contribution in [1.82, 2.24) is 15.5 Å². The average Bonchev–Trinajstić information content (AvgIpc) is 3.07. The standard InChI is InChI=1S/C18H16FN3O2/c1-12-6-8-14(9-7-12)17-21-22-18(24-17)16(23)20-11-10-13-4-2-3-5-15(13)19/h2-9H,10-11H2,1H3,(H,20,23). The minimum Gasteiger partial charge on any atom is -0.412 e. The van der Waals surface area contributed by atoms with Gasteiger partial charge >= 0.3 is 11.8 Å². The molecule has 1 amide bonds. The molecule has 6 heteroatoms. The number of carbonyl (C=O) groups is 1. The van der Waals surface area contributed by atoms with Gasteiger partial charge in [-0.15, -0.1) is 10.2 Å². The molecular formula is C18H16FN3O2. The first-order valence-corrected chi connectivity index (χ1v) is 7.55. The number of nitrogens with one attached hydrogen (secondary N) is 1. The Balaban J connectivity index is 1.60. The molecule has 0 aliphatic rings. The molecule has 2 aromatic carbocycles. The van der Waals surface area contributed by atoms with Crippen LogP contribution >= 0.6 is 0 Å². The Morgan fingerprint density at radius 2 is 1.88 bits per heavy atom. The van der Waals surface area contributed by atoms with Crippen LogP contribution in [0.4, 0.5) is 4.39 Å². The molecule has 0 atom stereocenters. The molecule has 0 bridgehead atoms. The zero-order chi connectivity index (χ0) is 16.9. The first-order chi connectivity index (χ1) is 11.6. The Morgan fingerprint density at radius 1 is 1.12 bits per heavy atom. The summed E-state index contributed by atoms with van der Waals surface area (Å²) in [6, 6.07) is 14.0. The molecule has 24 heavy (non-hydrogen) atoms. The second kappa shape index (κ2) is 7.04. The van der Waals surface area contributed by atoms with E-state index in [1.807, 2.05) is 31.2 Å². The van der Waals surface area contributed by atoms with Gasteiger partial charge in [0.2, 0.25) is 5.89 Å². The van der Waals surface area contributed by atoms with Crippen LogP contribution in [0.3, 0.4) is 0 Å². The molecule has 1 heterocycles. The number of hydrogen-bond donors (Lipinski definition) is 1. The molecule has 1 N–H and O–H groups in total. The van der Waals surface area contributed by atoms with Crippen molar-refractivity contribution < 1.29 is 13.6 Å². The van der Waals surface area contributed by atoms with Gasteiger partial charge in [-0.2, -0.15) is 0 Å². The smallest absolute Gasteiger partial charge is 0.308 e. The minimum absolute atomic E-state index is 0.112. The van der Waals surface area contributed by atoms with E-state index in [0.29, 0.717) is 12.0 Å². The molecule has 3 aromatic rings.